The van der Waals surface area contributed by atoms with E-state index in [1.165, 1.54) is 12.8 Å². The van der Waals surface area contributed by atoms with Crippen LogP contribution >= 0.6 is 0 Å². The molecular weight excluding hydrogens is 152 g/mol. The van der Waals surface area contributed by atoms with Crippen molar-refractivity contribution >= 4 is 0 Å². The normalized spacial score (nSPS) is 23.8. The maximum Gasteiger partial charge on any atom is 0.0702 e. The van der Waals surface area contributed by atoms with E-state index in [2.05, 4.69) is 11.9 Å². The molecular formula is C9H20N2O. The summed E-state index contributed by atoms with van der Waals surface area (Å²) in [5.74, 6) is 0. The van der Waals surface area contributed by atoms with Gasteiger partial charge in [0.15, 0.2) is 0 Å². The summed E-state index contributed by atoms with van der Waals surface area (Å²) in [5.41, 5.74) is 5.43. The molecule has 1 aliphatic rings. The molecule has 2 N–H and O–H groups in total. The molecule has 1 fully saturated rings. The van der Waals surface area contributed by atoms with Gasteiger partial charge >= 0.3 is 0 Å². The summed E-state index contributed by atoms with van der Waals surface area (Å²) in [7, 11) is 2.14. The van der Waals surface area contributed by atoms with Gasteiger partial charge in [0.1, 0.15) is 0 Å². The molecule has 0 radical (unpaired) electrons. The van der Waals surface area contributed by atoms with E-state index in [1.807, 2.05) is 0 Å². The number of rotatable bonds is 5. The summed E-state index contributed by atoms with van der Waals surface area (Å²) in [6.07, 6.45) is 4.03. The standard InChI is InChI=1S/C9H20N2O/c1-11(6-3-5-10)8-9-4-2-7-12-9/h9H,2-8,10H2,1H3. The van der Waals surface area contributed by atoms with Crippen LogP contribution in [0.4, 0.5) is 0 Å². The lowest BCUT2D eigenvalue weighted by molar-refractivity contribution is 0.0811. The second kappa shape index (κ2) is 5.51. The van der Waals surface area contributed by atoms with Gasteiger partial charge in [0.05, 0.1) is 6.10 Å². The molecule has 1 aliphatic heterocycles. The van der Waals surface area contributed by atoms with Crippen LogP contribution in [0.15, 0.2) is 0 Å². The van der Waals surface area contributed by atoms with E-state index < -0.39 is 0 Å². The van der Waals surface area contributed by atoms with Gasteiger partial charge in [0, 0.05) is 13.2 Å². The van der Waals surface area contributed by atoms with Crippen LogP contribution in [-0.4, -0.2) is 44.3 Å². The quantitative estimate of drug-likeness (QED) is 0.654. The minimum atomic E-state index is 0.479. The Balaban J connectivity index is 2.03. The highest BCUT2D eigenvalue weighted by atomic mass is 16.5. The van der Waals surface area contributed by atoms with Gasteiger partial charge < -0.3 is 15.4 Å². The number of nitrogens with two attached hydrogens (primary N) is 1. The summed E-state index contributed by atoms with van der Waals surface area (Å²) in [6, 6.07) is 0. The number of hydrogen-bond donors (Lipinski definition) is 1. The predicted molar refractivity (Wildman–Crippen MR) is 50.1 cm³/mol. The number of nitrogens with zero attached hydrogens (tertiary/aromatic N) is 1. The number of likely N-dealkylation sites (N-methyl/N-ethyl adjacent to an activating group) is 1. The Hall–Kier alpha value is -0.120. The van der Waals surface area contributed by atoms with Crippen LogP contribution < -0.4 is 5.73 Å². The Morgan fingerprint density at radius 3 is 3.00 bits per heavy atom. The van der Waals surface area contributed by atoms with Crippen molar-refractivity contribution in [2.24, 2.45) is 5.73 Å². The van der Waals surface area contributed by atoms with Crippen LogP contribution in [0, 0.1) is 0 Å². The van der Waals surface area contributed by atoms with Crippen LogP contribution in [0.2, 0.25) is 0 Å². The first kappa shape index (κ1) is 9.96. The molecule has 1 heterocycles. The number of ether oxygens (including phenoxy) is 1. The topological polar surface area (TPSA) is 38.5 Å². The summed E-state index contributed by atoms with van der Waals surface area (Å²) in [4.78, 5) is 2.31. The van der Waals surface area contributed by atoms with Gasteiger partial charge in [-0.1, -0.05) is 0 Å². The highest BCUT2D eigenvalue weighted by Gasteiger charge is 2.16. The largest absolute Gasteiger partial charge is 0.377 e. The van der Waals surface area contributed by atoms with Crippen LogP contribution in [-0.2, 0) is 4.74 Å². The average Bonchev–Trinajstić information content (AvgIpc) is 2.53. The molecule has 1 atom stereocenters. The van der Waals surface area contributed by atoms with E-state index in [0.717, 1.165) is 32.7 Å². The van der Waals surface area contributed by atoms with Gasteiger partial charge in [0.25, 0.3) is 0 Å². The molecule has 0 aromatic heterocycles. The SMILES string of the molecule is CN(CCCN)CC1CCCO1. The summed E-state index contributed by atoms with van der Waals surface area (Å²) in [5, 5.41) is 0. The van der Waals surface area contributed by atoms with E-state index in [9.17, 15) is 0 Å². The van der Waals surface area contributed by atoms with E-state index >= 15 is 0 Å². The summed E-state index contributed by atoms with van der Waals surface area (Å²) in [6.45, 7) is 3.90. The zero-order valence-electron chi connectivity index (χ0n) is 7.96. The second-order valence-corrected chi connectivity index (χ2v) is 3.54. The van der Waals surface area contributed by atoms with Crippen molar-refractivity contribution in [2.45, 2.75) is 25.4 Å². The second-order valence-electron chi connectivity index (χ2n) is 3.54. The van der Waals surface area contributed by atoms with Crippen molar-refractivity contribution in [1.29, 1.82) is 0 Å². The molecule has 1 unspecified atom stereocenters. The zero-order valence-corrected chi connectivity index (χ0v) is 7.96. The average molecular weight is 172 g/mol. The molecule has 0 aromatic rings. The Kier molecular flexibility index (Phi) is 4.58. The molecule has 0 spiro atoms. The molecule has 1 rings (SSSR count). The van der Waals surface area contributed by atoms with Crippen molar-refractivity contribution in [1.82, 2.24) is 4.90 Å². The van der Waals surface area contributed by atoms with Gasteiger partial charge in [-0.3, -0.25) is 0 Å². The predicted octanol–water partition coefficient (Wildman–Crippen LogP) is 0.446. The first-order chi connectivity index (χ1) is 5.83. The minimum absolute atomic E-state index is 0.479. The van der Waals surface area contributed by atoms with Crippen LogP contribution in [0.3, 0.4) is 0 Å². The highest BCUT2D eigenvalue weighted by Crippen LogP contribution is 2.12. The van der Waals surface area contributed by atoms with Gasteiger partial charge in [-0.05, 0) is 39.4 Å². The van der Waals surface area contributed by atoms with Gasteiger partial charge in [0.2, 0.25) is 0 Å². The molecule has 12 heavy (non-hydrogen) atoms. The maximum atomic E-state index is 5.53. The minimum Gasteiger partial charge on any atom is -0.377 e. The Bertz CT molecular complexity index is 113. The lowest BCUT2D eigenvalue weighted by Crippen LogP contribution is -2.30. The van der Waals surface area contributed by atoms with E-state index in [1.54, 1.807) is 0 Å². The Morgan fingerprint density at radius 2 is 2.42 bits per heavy atom. The molecule has 1 saturated heterocycles. The fourth-order valence-corrected chi connectivity index (χ4v) is 1.59. The zero-order chi connectivity index (χ0) is 8.81. The Labute approximate surface area is 74.9 Å². The van der Waals surface area contributed by atoms with Crippen molar-refractivity contribution in [3.63, 3.8) is 0 Å². The van der Waals surface area contributed by atoms with Gasteiger partial charge in [-0.25, -0.2) is 0 Å². The maximum absolute atomic E-state index is 5.53. The molecule has 3 heteroatoms. The van der Waals surface area contributed by atoms with E-state index in [-0.39, 0.29) is 0 Å². The monoisotopic (exact) mass is 172 g/mol. The summed E-state index contributed by atoms with van der Waals surface area (Å²) < 4.78 is 5.53. The summed E-state index contributed by atoms with van der Waals surface area (Å²) >= 11 is 0. The molecule has 0 aliphatic carbocycles. The lowest BCUT2D eigenvalue weighted by atomic mass is 10.2. The smallest absolute Gasteiger partial charge is 0.0702 e. The first-order valence-electron chi connectivity index (χ1n) is 4.83. The molecule has 0 saturated carbocycles. The fourth-order valence-electron chi connectivity index (χ4n) is 1.59. The third kappa shape index (κ3) is 3.52. The van der Waals surface area contributed by atoms with Crippen molar-refractivity contribution in [2.75, 3.05) is 33.3 Å². The Morgan fingerprint density at radius 1 is 1.58 bits per heavy atom. The fraction of sp³-hybridized carbons (Fsp3) is 1.00. The molecule has 0 aromatic carbocycles. The van der Waals surface area contributed by atoms with Crippen molar-refractivity contribution < 1.29 is 4.74 Å². The third-order valence-electron chi connectivity index (χ3n) is 2.28. The first-order valence-corrected chi connectivity index (χ1v) is 4.83. The molecule has 3 nitrogen and oxygen atoms in total. The molecule has 0 bridgehead atoms. The lowest BCUT2D eigenvalue weighted by Gasteiger charge is -2.19. The molecule has 0 amide bonds. The van der Waals surface area contributed by atoms with Gasteiger partial charge in [-0.15, -0.1) is 0 Å². The molecule has 72 valence electrons. The van der Waals surface area contributed by atoms with Crippen LogP contribution in [0.5, 0.6) is 0 Å². The van der Waals surface area contributed by atoms with Crippen molar-refractivity contribution in [3.05, 3.63) is 0 Å². The van der Waals surface area contributed by atoms with Crippen molar-refractivity contribution in [3.8, 4) is 0 Å². The van der Waals surface area contributed by atoms with Crippen LogP contribution in [0.1, 0.15) is 19.3 Å². The van der Waals surface area contributed by atoms with Gasteiger partial charge in [-0.2, -0.15) is 0 Å². The van der Waals surface area contributed by atoms with E-state index in [0.29, 0.717) is 6.10 Å². The third-order valence-corrected chi connectivity index (χ3v) is 2.28. The van der Waals surface area contributed by atoms with Crippen LogP contribution in [0.25, 0.3) is 0 Å². The number of hydrogen-bond acceptors (Lipinski definition) is 3. The van der Waals surface area contributed by atoms with E-state index in [4.69, 9.17) is 10.5 Å². The highest BCUT2D eigenvalue weighted by molar-refractivity contribution is 4.68.